The second-order valence-corrected chi connectivity index (χ2v) is 3.70. The molecule has 0 saturated carbocycles. The topological polar surface area (TPSA) is 54.0 Å². The summed E-state index contributed by atoms with van der Waals surface area (Å²) in [4.78, 5) is 3.32. The minimum atomic E-state index is -0.750. The molecule has 14 heavy (non-hydrogen) atoms. The summed E-state index contributed by atoms with van der Waals surface area (Å²) in [6, 6.07) is 5.35. The molecule has 2 heterocycles. The SMILES string of the molecule is N#Cc1ccc2nc(C(Cl)Cl)nn2c1. The van der Waals surface area contributed by atoms with Crippen molar-refractivity contribution < 1.29 is 0 Å². The van der Waals surface area contributed by atoms with Crippen molar-refractivity contribution >= 4 is 28.8 Å². The first-order valence-corrected chi connectivity index (χ1v) is 4.62. The lowest BCUT2D eigenvalue weighted by Gasteiger charge is -1.90. The van der Waals surface area contributed by atoms with Gasteiger partial charge in [-0.3, -0.25) is 0 Å². The molecule has 0 aromatic carbocycles. The third-order valence-electron chi connectivity index (χ3n) is 1.67. The second kappa shape index (κ2) is 3.45. The molecule has 0 spiro atoms. The average Bonchev–Trinajstić information content (AvgIpc) is 2.59. The van der Waals surface area contributed by atoms with E-state index in [0.29, 0.717) is 17.0 Å². The van der Waals surface area contributed by atoms with Crippen LogP contribution >= 0.6 is 23.2 Å². The highest BCUT2D eigenvalue weighted by atomic mass is 35.5. The molecule has 0 atom stereocenters. The third kappa shape index (κ3) is 1.52. The molecule has 0 saturated heterocycles. The van der Waals surface area contributed by atoms with E-state index in [1.54, 1.807) is 18.3 Å². The van der Waals surface area contributed by atoms with E-state index in [4.69, 9.17) is 28.5 Å². The Morgan fingerprint density at radius 1 is 1.43 bits per heavy atom. The fourth-order valence-corrected chi connectivity index (χ4v) is 1.24. The molecule has 0 unspecified atom stereocenters. The number of hydrogen-bond donors (Lipinski definition) is 0. The van der Waals surface area contributed by atoms with Gasteiger partial charge in [0.15, 0.2) is 16.3 Å². The van der Waals surface area contributed by atoms with E-state index in [1.807, 2.05) is 6.07 Å². The Balaban J connectivity index is 2.61. The second-order valence-electron chi connectivity index (χ2n) is 2.60. The predicted octanol–water partition coefficient (Wildman–Crippen LogP) is 2.08. The van der Waals surface area contributed by atoms with Gasteiger partial charge in [-0.2, -0.15) is 5.26 Å². The maximum atomic E-state index is 8.65. The largest absolute Gasteiger partial charge is 0.219 e. The summed E-state index contributed by atoms with van der Waals surface area (Å²) in [6.45, 7) is 0. The van der Waals surface area contributed by atoms with Gasteiger partial charge in [-0.1, -0.05) is 23.2 Å². The zero-order valence-electron chi connectivity index (χ0n) is 6.85. The van der Waals surface area contributed by atoms with E-state index in [1.165, 1.54) is 4.52 Å². The Hall–Kier alpha value is -1.31. The fraction of sp³-hybridized carbons (Fsp3) is 0.125. The number of pyridine rings is 1. The van der Waals surface area contributed by atoms with Crippen molar-refractivity contribution in [3.05, 3.63) is 29.7 Å². The van der Waals surface area contributed by atoms with Crippen molar-refractivity contribution in [1.82, 2.24) is 14.6 Å². The summed E-state index contributed by atoms with van der Waals surface area (Å²) in [7, 11) is 0. The maximum Gasteiger partial charge on any atom is 0.184 e. The highest BCUT2D eigenvalue weighted by molar-refractivity contribution is 6.43. The number of halogens is 2. The number of fused-ring (bicyclic) bond motifs is 1. The van der Waals surface area contributed by atoms with Crippen LogP contribution in [0.1, 0.15) is 16.2 Å². The maximum absolute atomic E-state index is 8.65. The van der Waals surface area contributed by atoms with Crippen LogP contribution in [0.3, 0.4) is 0 Å². The summed E-state index contributed by atoms with van der Waals surface area (Å²) in [5, 5.41) is 12.7. The van der Waals surface area contributed by atoms with Crippen molar-refractivity contribution in [3.63, 3.8) is 0 Å². The molecule has 0 radical (unpaired) electrons. The first kappa shape index (κ1) is 9.25. The Morgan fingerprint density at radius 2 is 2.21 bits per heavy atom. The molecule has 4 nitrogen and oxygen atoms in total. The Kier molecular flexibility index (Phi) is 2.28. The van der Waals surface area contributed by atoms with Gasteiger partial charge in [0.1, 0.15) is 6.07 Å². The monoisotopic (exact) mass is 226 g/mol. The minimum Gasteiger partial charge on any atom is -0.219 e. The smallest absolute Gasteiger partial charge is 0.184 e. The van der Waals surface area contributed by atoms with Gasteiger partial charge in [0, 0.05) is 6.20 Å². The molecule has 6 heteroatoms. The van der Waals surface area contributed by atoms with Crippen molar-refractivity contribution in [1.29, 1.82) is 5.26 Å². The van der Waals surface area contributed by atoms with Gasteiger partial charge in [-0.25, -0.2) is 9.50 Å². The lowest BCUT2D eigenvalue weighted by atomic mass is 10.3. The van der Waals surface area contributed by atoms with E-state index < -0.39 is 4.84 Å². The highest BCUT2D eigenvalue weighted by Gasteiger charge is 2.10. The highest BCUT2D eigenvalue weighted by Crippen LogP contribution is 2.21. The normalized spacial score (nSPS) is 10.7. The Labute approximate surface area is 89.7 Å². The van der Waals surface area contributed by atoms with Crippen molar-refractivity contribution in [2.45, 2.75) is 4.84 Å². The number of nitrogens with zero attached hydrogens (tertiary/aromatic N) is 4. The van der Waals surface area contributed by atoms with Gasteiger partial charge in [-0.05, 0) is 12.1 Å². The fourth-order valence-electron chi connectivity index (χ4n) is 1.06. The molecule has 0 bridgehead atoms. The predicted molar refractivity (Wildman–Crippen MR) is 52.1 cm³/mol. The summed E-state index contributed by atoms with van der Waals surface area (Å²) < 4.78 is 1.48. The number of aromatic nitrogens is 3. The molecule has 0 aliphatic rings. The summed E-state index contributed by atoms with van der Waals surface area (Å²) >= 11 is 11.2. The lowest BCUT2D eigenvalue weighted by molar-refractivity contribution is 0.914. The Morgan fingerprint density at radius 3 is 2.86 bits per heavy atom. The Bertz CT molecular complexity index is 512. The molecular formula is C8H4Cl2N4. The van der Waals surface area contributed by atoms with Gasteiger partial charge >= 0.3 is 0 Å². The van der Waals surface area contributed by atoms with Crippen molar-refractivity contribution in [3.8, 4) is 6.07 Å². The quantitative estimate of drug-likeness (QED) is 0.700. The van der Waals surface area contributed by atoms with E-state index >= 15 is 0 Å². The lowest BCUT2D eigenvalue weighted by Crippen LogP contribution is -1.89. The number of rotatable bonds is 1. The molecule has 70 valence electrons. The molecule has 0 amide bonds. The van der Waals surface area contributed by atoms with Crippen LogP contribution in [0, 0.1) is 11.3 Å². The average molecular weight is 227 g/mol. The number of hydrogen-bond acceptors (Lipinski definition) is 3. The van der Waals surface area contributed by atoms with E-state index in [9.17, 15) is 0 Å². The van der Waals surface area contributed by atoms with Crippen molar-refractivity contribution in [2.24, 2.45) is 0 Å². The third-order valence-corrected chi connectivity index (χ3v) is 2.06. The van der Waals surface area contributed by atoms with Crippen LogP contribution in [0.25, 0.3) is 5.65 Å². The molecule has 0 fully saturated rings. The standard InChI is InChI=1S/C8H4Cl2N4/c9-7(10)8-12-6-2-1-5(3-11)4-14(6)13-8/h1-2,4,7H. The first-order valence-electron chi connectivity index (χ1n) is 3.75. The minimum absolute atomic E-state index is 0.337. The zero-order valence-corrected chi connectivity index (χ0v) is 8.37. The van der Waals surface area contributed by atoms with Crippen LogP contribution in [0.2, 0.25) is 0 Å². The van der Waals surface area contributed by atoms with E-state index in [2.05, 4.69) is 10.1 Å². The molecule has 0 aliphatic heterocycles. The molecule has 0 N–H and O–H groups in total. The molecular weight excluding hydrogens is 223 g/mol. The van der Waals surface area contributed by atoms with Crippen LogP contribution in [-0.4, -0.2) is 14.6 Å². The molecule has 2 aromatic rings. The summed E-state index contributed by atoms with van der Waals surface area (Å²) in [6.07, 6.45) is 1.57. The van der Waals surface area contributed by atoms with Crippen LogP contribution < -0.4 is 0 Å². The molecule has 0 aliphatic carbocycles. The number of alkyl halides is 2. The van der Waals surface area contributed by atoms with Gasteiger partial charge in [0.25, 0.3) is 0 Å². The van der Waals surface area contributed by atoms with Gasteiger partial charge in [-0.15, -0.1) is 5.10 Å². The van der Waals surface area contributed by atoms with Gasteiger partial charge < -0.3 is 0 Å². The van der Waals surface area contributed by atoms with Crippen LogP contribution in [0.15, 0.2) is 18.3 Å². The molecule has 2 rings (SSSR count). The molecule has 2 aromatic heterocycles. The first-order chi connectivity index (χ1) is 6.70. The van der Waals surface area contributed by atoms with Crippen LogP contribution in [0.4, 0.5) is 0 Å². The summed E-state index contributed by atoms with van der Waals surface area (Å²) in [5.41, 5.74) is 1.12. The van der Waals surface area contributed by atoms with Gasteiger partial charge in [0.05, 0.1) is 5.56 Å². The van der Waals surface area contributed by atoms with Crippen molar-refractivity contribution in [2.75, 3.05) is 0 Å². The van der Waals surface area contributed by atoms with Gasteiger partial charge in [0.2, 0.25) is 0 Å². The van der Waals surface area contributed by atoms with E-state index in [-0.39, 0.29) is 0 Å². The van der Waals surface area contributed by atoms with Crippen LogP contribution in [-0.2, 0) is 0 Å². The number of nitriles is 1. The zero-order chi connectivity index (χ0) is 10.1. The summed E-state index contributed by atoms with van der Waals surface area (Å²) in [5.74, 6) is 0.337. The van der Waals surface area contributed by atoms with E-state index in [0.717, 1.165) is 0 Å². The van der Waals surface area contributed by atoms with Crippen LogP contribution in [0.5, 0.6) is 0 Å².